The number of nitrogens with zero attached hydrogens (tertiary/aromatic N) is 2. The first-order valence-corrected chi connectivity index (χ1v) is 10.4. The lowest BCUT2D eigenvalue weighted by atomic mass is 10.1. The van der Waals surface area contributed by atoms with Gasteiger partial charge in [0.05, 0.1) is 22.5 Å². The zero-order valence-electron chi connectivity index (χ0n) is 17.2. The largest absolute Gasteiger partial charge is 0.478 e. The topological polar surface area (TPSA) is 84.8 Å². The van der Waals surface area contributed by atoms with Crippen molar-refractivity contribution in [1.29, 1.82) is 0 Å². The van der Waals surface area contributed by atoms with Crippen molar-refractivity contribution in [2.24, 2.45) is 5.18 Å². The maximum Gasteiger partial charge on any atom is 0.335 e. The van der Waals surface area contributed by atoms with Gasteiger partial charge in [0.15, 0.2) is 5.76 Å². The predicted octanol–water partition coefficient (Wildman–Crippen LogP) is 7.29. The van der Waals surface area contributed by atoms with Crippen LogP contribution in [0, 0.1) is 4.91 Å². The van der Waals surface area contributed by atoms with Crippen molar-refractivity contribution < 1.29 is 14.3 Å². The molecule has 0 bridgehead atoms. The Morgan fingerprint density at radius 3 is 2.39 bits per heavy atom. The van der Waals surface area contributed by atoms with E-state index < -0.39 is 5.97 Å². The lowest BCUT2D eigenvalue weighted by molar-refractivity contribution is 0.0697. The van der Waals surface area contributed by atoms with Gasteiger partial charge in [-0.25, -0.2) is 4.79 Å². The number of carboxylic acids is 1. The Kier molecular flexibility index (Phi) is 4.13. The molecule has 0 unspecified atom stereocenters. The average Bonchev–Trinajstić information content (AvgIpc) is 3.45. The smallest absolute Gasteiger partial charge is 0.335 e. The minimum Gasteiger partial charge on any atom is -0.478 e. The van der Waals surface area contributed by atoms with E-state index in [1.165, 1.54) is 18.2 Å². The number of aromatic nitrogens is 1. The van der Waals surface area contributed by atoms with Gasteiger partial charge in [-0.05, 0) is 58.4 Å². The highest BCUT2D eigenvalue weighted by Crippen LogP contribution is 2.40. The van der Waals surface area contributed by atoms with E-state index in [-0.39, 0.29) is 11.3 Å². The van der Waals surface area contributed by atoms with Gasteiger partial charge in [0.2, 0.25) is 0 Å². The van der Waals surface area contributed by atoms with Gasteiger partial charge in [-0.2, -0.15) is 0 Å². The molecule has 158 valence electrons. The molecule has 0 spiro atoms. The number of nitroso groups, excluding NO2 is 1. The number of carbonyl (C=O) groups is 1. The number of furan rings is 1. The molecule has 6 heteroatoms. The third-order valence-corrected chi connectivity index (χ3v) is 5.95. The van der Waals surface area contributed by atoms with Gasteiger partial charge in [0, 0.05) is 10.8 Å². The fraction of sp³-hybridized carbons (Fsp3) is 0. The van der Waals surface area contributed by atoms with Gasteiger partial charge < -0.3 is 14.1 Å². The zero-order valence-corrected chi connectivity index (χ0v) is 17.2. The van der Waals surface area contributed by atoms with Crippen molar-refractivity contribution in [3.63, 3.8) is 0 Å². The maximum absolute atomic E-state index is 11.7. The summed E-state index contributed by atoms with van der Waals surface area (Å²) in [5.74, 6) is -0.477. The lowest BCUT2D eigenvalue weighted by Crippen LogP contribution is -2.01. The summed E-state index contributed by atoms with van der Waals surface area (Å²) in [6.45, 7) is 0. The Morgan fingerprint density at radius 2 is 1.61 bits per heavy atom. The van der Waals surface area contributed by atoms with Crippen LogP contribution in [0.15, 0.2) is 101 Å². The summed E-state index contributed by atoms with van der Waals surface area (Å²) in [6, 6.07) is 27.9. The third kappa shape index (κ3) is 2.92. The van der Waals surface area contributed by atoms with E-state index in [4.69, 9.17) is 4.42 Å². The summed E-state index contributed by atoms with van der Waals surface area (Å²) in [6.07, 6.45) is 0. The van der Waals surface area contributed by atoms with Crippen LogP contribution in [0.25, 0.3) is 49.8 Å². The molecule has 4 aromatic carbocycles. The summed E-state index contributed by atoms with van der Waals surface area (Å²) < 4.78 is 8.01. The monoisotopic (exact) mass is 432 g/mol. The van der Waals surface area contributed by atoms with Crippen molar-refractivity contribution in [2.45, 2.75) is 0 Å². The number of aromatic carboxylic acids is 1. The molecule has 0 fully saturated rings. The van der Waals surface area contributed by atoms with Crippen LogP contribution < -0.4 is 0 Å². The van der Waals surface area contributed by atoms with Gasteiger partial charge in [-0.1, -0.05) is 48.5 Å². The van der Waals surface area contributed by atoms with Gasteiger partial charge in [0.25, 0.3) is 0 Å². The molecule has 0 saturated heterocycles. The molecule has 0 aliphatic rings. The van der Waals surface area contributed by atoms with E-state index >= 15 is 0 Å². The fourth-order valence-corrected chi connectivity index (χ4v) is 4.42. The highest BCUT2D eigenvalue weighted by atomic mass is 16.4. The number of benzene rings is 4. The second-order valence-electron chi connectivity index (χ2n) is 7.83. The summed E-state index contributed by atoms with van der Waals surface area (Å²) in [4.78, 5) is 23.4. The lowest BCUT2D eigenvalue weighted by Gasteiger charge is -2.12. The summed E-state index contributed by atoms with van der Waals surface area (Å²) >= 11 is 0. The van der Waals surface area contributed by atoms with Crippen LogP contribution in [-0.2, 0) is 0 Å². The number of para-hydroxylation sites is 1. The number of rotatable bonds is 4. The van der Waals surface area contributed by atoms with E-state index in [0.717, 1.165) is 32.6 Å². The average molecular weight is 432 g/mol. The predicted molar refractivity (Wildman–Crippen MR) is 128 cm³/mol. The second kappa shape index (κ2) is 7.17. The van der Waals surface area contributed by atoms with Crippen LogP contribution in [0.3, 0.4) is 0 Å². The Balaban J connectivity index is 1.76. The molecule has 33 heavy (non-hydrogen) atoms. The summed E-state index contributed by atoms with van der Waals surface area (Å²) in [7, 11) is 0. The zero-order chi connectivity index (χ0) is 22.5. The van der Waals surface area contributed by atoms with E-state index in [2.05, 4.69) is 5.18 Å². The highest BCUT2D eigenvalue weighted by Gasteiger charge is 2.21. The summed E-state index contributed by atoms with van der Waals surface area (Å²) in [5.41, 5.74) is 2.84. The molecule has 0 amide bonds. The van der Waals surface area contributed by atoms with Gasteiger partial charge in [0.1, 0.15) is 11.3 Å². The highest BCUT2D eigenvalue weighted by molar-refractivity contribution is 6.09. The van der Waals surface area contributed by atoms with Crippen molar-refractivity contribution in [3.8, 4) is 17.1 Å². The van der Waals surface area contributed by atoms with E-state index in [1.807, 2.05) is 77.4 Å². The number of carboxylic acid groups (broad SMARTS) is 1. The fourth-order valence-electron chi connectivity index (χ4n) is 4.42. The first-order valence-electron chi connectivity index (χ1n) is 10.4. The first-order chi connectivity index (χ1) is 16.1. The van der Waals surface area contributed by atoms with Gasteiger partial charge in [-0.3, -0.25) is 0 Å². The SMILES string of the molecule is O=Nc1ccc(C(=O)O)cc1-n1c(-c2cc3ccccc3o2)cc2c3ccccc3ccc21. The van der Waals surface area contributed by atoms with Crippen molar-refractivity contribution in [2.75, 3.05) is 0 Å². The maximum atomic E-state index is 11.7. The Bertz CT molecular complexity index is 1690. The molecule has 6 aromatic rings. The molecule has 6 rings (SSSR count). The van der Waals surface area contributed by atoms with Crippen LogP contribution in [0.5, 0.6) is 0 Å². The van der Waals surface area contributed by atoms with Crippen LogP contribution in [0.2, 0.25) is 0 Å². The van der Waals surface area contributed by atoms with Crippen molar-refractivity contribution >= 4 is 44.3 Å². The van der Waals surface area contributed by atoms with E-state index in [0.29, 0.717) is 17.1 Å². The normalized spacial score (nSPS) is 11.4. The van der Waals surface area contributed by atoms with Crippen LogP contribution in [-0.4, -0.2) is 15.6 Å². The second-order valence-corrected chi connectivity index (χ2v) is 7.83. The molecule has 0 aliphatic carbocycles. The molecular weight excluding hydrogens is 416 g/mol. The molecule has 0 radical (unpaired) electrons. The van der Waals surface area contributed by atoms with Crippen LogP contribution in [0.1, 0.15) is 10.4 Å². The van der Waals surface area contributed by atoms with E-state index in [1.54, 1.807) is 0 Å². The minimum atomic E-state index is -1.08. The minimum absolute atomic E-state index is 0.0654. The first kappa shape index (κ1) is 19.0. The Labute approximate surface area is 187 Å². The standard InChI is InChI=1S/C27H16N2O4/c30-27(31)18-9-11-21(28-32)23(13-18)29-22-12-10-16-5-1-3-7-19(16)20(22)15-24(29)26-14-17-6-2-4-8-25(17)33-26/h1-15H,(H,30,31). The quantitative estimate of drug-likeness (QED) is 0.296. The van der Waals surface area contributed by atoms with Crippen LogP contribution >= 0.6 is 0 Å². The molecule has 2 heterocycles. The molecule has 6 nitrogen and oxygen atoms in total. The molecule has 2 aromatic heterocycles. The van der Waals surface area contributed by atoms with Gasteiger partial charge in [-0.15, -0.1) is 4.91 Å². The number of hydrogen-bond donors (Lipinski definition) is 1. The molecule has 0 atom stereocenters. The molecular formula is C27H16N2O4. The van der Waals surface area contributed by atoms with Gasteiger partial charge >= 0.3 is 5.97 Å². The van der Waals surface area contributed by atoms with Crippen LogP contribution in [0.4, 0.5) is 5.69 Å². The molecule has 0 saturated carbocycles. The summed E-state index contributed by atoms with van der Waals surface area (Å²) in [5, 5.41) is 16.8. The third-order valence-electron chi connectivity index (χ3n) is 5.95. The molecule has 0 aliphatic heterocycles. The number of fused-ring (bicyclic) bond motifs is 4. The van der Waals surface area contributed by atoms with Crippen molar-refractivity contribution in [1.82, 2.24) is 4.57 Å². The number of hydrogen-bond acceptors (Lipinski definition) is 4. The van der Waals surface area contributed by atoms with E-state index in [9.17, 15) is 14.8 Å². The Morgan fingerprint density at radius 1 is 0.818 bits per heavy atom. The van der Waals surface area contributed by atoms with Crippen molar-refractivity contribution in [3.05, 3.63) is 101 Å². The Hall–Kier alpha value is -4.71. The molecule has 1 N–H and O–H groups in total.